The number of hydrogen-bond donors (Lipinski definition) is 1. The number of rotatable bonds is 1. The van der Waals surface area contributed by atoms with E-state index in [0.29, 0.717) is 5.56 Å². The molecule has 1 heterocycles. The minimum atomic E-state index is -0.461. The maximum atomic E-state index is 12.0. The zero-order valence-corrected chi connectivity index (χ0v) is 10.5. The van der Waals surface area contributed by atoms with E-state index in [0.717, 1.165) is 4.90 Å². The normalized spacial score (nSPS) is 14.8. The summed E-state index contributed by atoms with van der Waals surface area (Å²) < 4.78 is 0. The molecule has 0 atom stereocenters. The summed E-state index contributed by atoms with van der Waals surface area (Å²) in [6.45, 7) is 5.09. The van der Waals surface area contributed by atoms with E-state index in [1.165, 1.54) is 6.07 Å². The second kappa shape index (κ2) is 3.74. The van der Waals surface area contributed by atoms with Gasteiger partial charge in [0.05, 0.1) is 11.1 Å². The molecule has 1 aromatic carbocycles. The molecule has 4 nitrogen and oxygen atoms in total. The Balaban J connectivity index is 2.70. The zero-order valence-electron chi connectivity index (χ0n) is 9.74. The van der Waals surface area contributed by atoms with Gasteiger partial charge in [-0.1, -0.05) is 11.6 Å². The number of halogens is 1. The molecule has 1 aliphatic heterocycles. The highest BCUT2D eigenvalue weighted by molar-refractivity contribution is 6.33. The fourth-order valence-corrected chi connectivity index (χ4v) is 2.13. The molecule has 0 bridgehead atoms. The molecular weight excluding hydrogens is 242 g/mol. The first kappa shape index (κ1) is 11.9. The van der Waals surface area contributed by atoms with Crippen molar-refractivity contribution in [3.05, 3.63) is 27.8 Å². The van der Waals surface area contributed by atoms with E-state index in [4.69, 9.17) is 11.6 Å². The van der Waals surface area contributed by atoms with Crippen LogP contribution in [0.25, 0.3) is 0 Å². The quantitative estimate of drug-likeness (QED) is 0.782. The van der Waals surface area contributed by atoms with Gasteiger partial charge in [-0.15, -0.1) is 0 Å². The van der Waals surface area contributed by atoms with Gasteiger partial charge in [0.25, 0.3) is 11.8 Å². The van der Waals surface area contributed by atoms with Crippen molar-refractivity contribution in [2.75, 3.05) is 0 Å². The maximum absolute atomic E-state index is 12.0. The van der Waals surface area contributed by atoms with Gasteiger partial charge in [-0.05, 0) is 26.8 Å². The Labute approximate surface area is 104 Å². The van der Waals surface area contributed by atoms with Gasteiger partial charge >= 0.3 is 0 Å². The Hall–Kier alpha value is -1.55. The summed E-state index contributed by atoms with van der Waals surface area (Å²) in [6.07, 6.45) is 0. The number of hydrogen-bond acceptors (Lipinski definition) is 3. The third kappa shape index (κ3) is 1.52. The van der Waals surface area contributed by atoms with Crippen LogP contribution in [-0.4, -0.2) is 27.9 Å². The van der Waals surface area contributed by atoms with Gasteiger partial charge < -0.3 is 5.11 Å². The first-order chi connectivity index (χ1) is 7.86. The van der Waals surface area contributed by atoms with Gasteiger partial charge in [0.1, 0.15) is 5.75 Å². The number of amides is 2. The van der Waals surface area contributed by atoms with E-state index in [9.17, 15) is 14.7 Å². The molecule has 2 amide bonds. The summed E-state index contributed by atoms with van der Waals surface area (Å²) in [7, 11) is 0. The number of phenolic OH excluding ortho intramolecular Hbond substituents is 1. The summed E-state index contributed by atoms with van der Waals surface area (Å²) in [4.78, 5) is 25.2. The van der Waals surface area contributed by atoms with E-state index >= 15 is 0 Å². The maximum Gasteiger partial charge on any atom is 0.265 e. The van der Waals surface area contributed by atoms with Crippen LogP contribution in [-0.2, 0) is 0 Å². The number of imide groups is 1. The van der Waals surface area contributed by atoms with Gasteiger partial charge in [-0.2, -0.15) is 0 Å². The fraction of sp³-hybridized carbons (Fsp3) is 0.333. The van der Waals surface area contributed by atoms with Crippen molar-refractivity contribution in [2.24, 2.45) is 0 Å². The van der Waals surface area contributed by atoms with Crippen molar-refractivity contribution in [2.45, 2.75) is 26.8 Å². The van der Waals surface area contributed by atoms with E-state index in [1.807, 2.05) is 0 Å². The molecule has 5 heteroatoms. The molecule has 90 valence electrons. The molecule has 0 radical (unpaired) electrons. The van der Waals surface area contributed by atoms with Crippen LogP contribution in [0.2, 0.25) is 5.02 Å². The van der Waals surface area contributed by atoms with Gasteiger partial charge in [0.15, 0.2) is 0 Å². The van der Waals surface area contributed by atoms with Crippen molar-refractivity contribution in [3.63, 3.8) is 0 Å². The number of carbonyl (C=O) groups excluding carboxylic acids is 2. The SMILES string of the molecule is Cc1c(Cl)cc2c(c1O)C(=O)N(C(C)C)C2=O. The van der Waals surface area contributed by atoms with Crippen LogP contribution in [0.4, 0.5) is 0 Å². The summed E-state index contributed by atoms with van der Waals surface area (Å²) in [5, 5.41) is 10.2. The second-order valence-electron chi connectivity index (χ2n) is 4.33. The van der Waals surface area contributed by atoms with Crippen LogP contribution in [0.15, 0.2) is 6.07 Å². The van der Waals surface area contributed by atoms with Crippen molar-refractivity contribution >= 4 is 23.4 Å². The average Bonchev–Trinajstić information content (AvgIpc) is 2.48. The number of fused-ring (bicyclic) bond motifs is 1. The van der Waals surface area contributed by atoms with Crippen LogP contribution in [0.3, 0.4) is 0 Å². The molecule has 1 aromatic rings. The Morgan fingerprint density at radius 3 is 2.41 bits per heavy atom. The zero-order chi connectivity index (χ0) is 12.9. The number of phenols is 1. The summed E-state index contributed by atoms with van der Waals surface area (Å²) in [6, 6.07) is 1.19. The smallest absolute Gasteiger partial charge is 0.265 e. The first-order valence-corrected chi connectivity index (χ1v) is 5.64. The number of nitrogens with zero attached hydrogens (tertiary/aromatic N) is 1. The summed E-state index contributed by atoms with van der Waals surface area (Å²) in [5.41, 5.74) is 0.652. The first-order valence-electron chi connectivity index (χ1n) is 5.26. The van der Waals surface area contributed by atoms with E-state index in [-0.39, 0.29) is 27.9 Å². The monoisotopic (exact) mass is 253 g/mol. The predicted octanol–water partition coefficient (Wildman–Crippen LogP) is 2.36. The summed E-state index contributed by atoms with van der Waals surface area (Å²) in [5.74, 6) is -1.07. The lowest BCUT2D eigenvalue weighted by molar-refractivity contribution is 0.0608. The Morgan fingerprint density at radius 1 is 1.29 bits per heavy atom. The molecule has 0 fully saturated rings. The van der Waals surface area contributed by atoms with E-state index in [2.05, 4.69) is 0 Å². The standard InChI is InChI=1S/C12H12ClNO3/c1-5(2)14-11(16)7-4-8(13)6(3)10(15)9(7)12(14)17/h4-5,15H,1-3H3. The van der Waals surface area contributed by atoms with Crippen molar-refractivity contribution in [1.82, 2.24) is 4.90 Å². The highest BCUT2D eigenvalue weighted by Gasteiger charge is 2.40. The number of carbonyl (C=O) groups is 2. The van der Waals surface area contributed by atoms with Crippen LogP contribution >= 0.6 is 11.6 Å². The predicted molar refractivity (Wildman–Crippen MR) is 63.5 cm³/mol. The topological polar surface area (TPSA) is 57.6 Å². The Kier molecular flexibility index (Phi) is 2.62. The molecular formula is C12H12ClNO3. The van der Waals surface area contributed by atoms with Crippen molar-refractivity contribution < 1.29 is 14.7 Å². The third-order valence-electron chi connectivity index (χ3n) is 2.89. The molecule has 0 saturated carbocycles. The highest BCUT2D eigenvalue weighted by atomic mass is 35.5. The molecule has 0 saturated heterocycles. The van der Waals surface area contributed by atoms with Gasteiger partial charge in [0, 0.05) is 16.6 Å². The van der Waals surface area contributed by atoms with Gasteiger partial charge in [-0.3, -0.25) is 14.5 Å². The van der Waals surface area contributed by atoms with E-state index < -0.39 is 11.8 Å². The van der Waals surface area contributed by atoms with Crippen LogP contribution in [0.1, 0.15) is 40.1 Å². The second-order valence-corrected chi connectivity index (χ2v) is 4.74. The molecule has 0 spiro atoms. The molecule has 1 N–H and O–H groups in total. The fourth-order valence-electron chi connectivity index (χ4n) is 1.93. The lowest BCUT2D eigenvalue weighted by Gasteiger charge is -2.17. The molecule has 0 aliphatic carbocycles. The van der Waals surface area contributed by atoms with E-state index in [1.54, 1.807) is 20.8 Å². The Bertz CT molecular complexity index is 537. The third-order valence-corrected chi connectivity index (χ3v) is 3.28. The molecule has 1 aliphatic rings. The number of aromatic hydroxyl groups is 1. The minimum Gasteiger partial charge on any atom is -0.507 e. The van der Waals surface area contributed by atoms with Crippen LogP contribution in [0, 0.1) is 6.92 Å². The Morgan fingerprint density at radius 2 is 1.88 bits per heavy atom. The average molecular weight is 254 g/mol. The highest BCUT2D eigenvalue weighted by Crippen LogP contribution is 2.37. The summed E-state index contributed by atoms with van der Waals surface area (Å²) >= 11 is 5.90. The molecule has 0 unspecified atom stereocenters. The lowest BCUT2D eigenvalue weighted by atomic mass is 10.0. The number of benzene rings is 1. The van der Waals surface area contributed by atoms with Crippen LogP contribution < -0.4 is 0 Å². The molecule has 0 aromatic heterocycles. The van der Waals surface area contributed by atoms with Gasteiger partial charge in [0.2, 0.25) is 0 Å². The van der Waals surface area contributed by atoms with Crippen molar-refractivity contribution in [3.8, 4) is 5.75 Å². The molecule has 2 rings (SSSR count). The lowest BCUT2D eigenvalue weighted by Crippen LogP contribution is -2.35. The molecule has 17 heavy (non-hydrogen) atoms. The minimum absolute atomic E-state index is 0.0607. The van der Waals surface area contributed by atoms with Gasteiger partial charge in [-0.25, -0.2) is 0 Å². The van der Waals surface area contributed by atoms with Crippen LogP contribution in [0.5, 0.6) is 5.75 Å². The largest absolute Gasteiger partial charge is 0.507 e. The van der Waals surface area contributed by atoms with Crippen molar-refractivity contribution in [1.29, 1.82) is 0 Å².